The molecule has 0 unspecified atom stereocenters. The van der Waals surface area contributed by atoms with Gasteiger partial charge >= 0.3 is 0 Å². The predicted molar refractivity (Wildman–Crippen MR) is 71.7 cm³/mol. The van der Waals surface area contributed by atoms with E-state index in [1.54, 1.807) is 0 Å². The number of nitriles is 1. The first-order valence-corrected chi connectivity index (χ1v) is 7.51. The Bertz CT molecular complexity index is 224. The summed E-state index contributed by atoms with van der Waals surface area (Å²) < 4.78 is 0. The van der Waals surface area contributed by atoms with E-state index in [9.17, 15) is 0 Å². The molecule has 92 valence electrons. The molecule has 0 N–H and O–H groups in total. The lowest BCUT2D eigenvalue weighted by Gasteiger charge is -2.24. The number of hydrogen-bond donors (Lipinski definition) is 0. The van der Waals surface area contributed by atoms with E-state index >= 15 is 0 Å². The number of nitrogens with zero attached hydrogens (tertiary/aromatic N) is 2. The first kappa shape index (κ1) is 13.9. The molecule has 0 heterocycles. The summed E-state index contributed by atoms with van der Waals surface area (Å²) in [4.78, 5) is 2.51. The van der Waals surface area contributed by atoms with Gasteiger partial charge in [-0.1, -0.05) is 6.92 Å². The fourth-order valence-electron chi connectivity index (χ4n) is 2.45. The summed E-state index contributed by atoms with van der Waals surface area (Å²) in [6, 6.07) is 3.01. The van der Waals surface area contributed by atoms with Crippen LogP contribution in [0.15, 0.2) is 0 Å². The van der Waals surface area contributed by atoms with Crippen LogP contribution >= 0.6 is 11.8 Å². The molecule has 2 atom stereocenters. The van der Waals surface area contributed by atoms with E-state index in [1.165, 1.54) is 31.4 Å². The highest BCUT2D eigenvalue weighted by molar-refractivity contribution is 7.99. The Morgan fingerprint density at radius 3 is 2.88 bits per heavy atom. The van der Waals surface area contributed by atoms with Gasteiger partial charge in [0.15, 0.2) is 0 Å². The molecule has 1 aliphatic carbocycles. The second-order valence-corrected chi connectivity index (χ2v) is 6.22. The van der Waals surface area contributed by atoms with Gasteiger partial charge in [-0.05, 0) is 51.4 Å². The van der Waals surface area contributed by atoms with E-state index in [-0.39, 0.29) is 0 Å². The van der Waals surface area contributed by atoms with Crippen LogP contribution in [0.4, 0.5) is 0 Å². The molecule has 1 rings (SSSR count). The maximum absolute atomic E-state index is 8.47. The second-order valence-electron chi connectivity index (χ2n) is 4.64. The molecule has 0 amide bonds. The van der Waals surface area contributed by atoms with Gasteiger partial charge < -0.3 is 4.90 Å². The molecule has 0 spiro atoms. The van der Waals surface area contributed by atoms with Gasteiger partial charge in [0, 0.05) is 17.7 Å². The Kier molecular flexibility index (Phi) is 6.91. The Balaban J connectivity index is 2.13. The molecule has 0 radical (unpaired) electrons. The summed E-state index contributed by atoms with van der Waals surface area (Å²) in [5.41, 5.74) is 0. The first-order valence-electron chi connectivity index (χ1n) is 6.46. The lowest BCUT2D eigenvalue weighted by molar-refractivity contribution is 0.241. The molecule has 1 fully saturated rings. The van der Waals surface area contributed by atoms with Gasteiger partial charge in [-0.3, -0.25) is 0 Å². The minimum absolute atomic E-state index is 0.715. The van der Waals surface area contributed by atoms with Crippen LogP contribution in [0.5, 0.6) is 0 Å². The molecule has 16 heavy (non-hydrogen) atoms. The fraction of sp³-hybridized carbons (Fsp3) is 0.923. The van der Waals surface area contributed by atoms with E-state index in [1.807, 2.05) is 0 Å². The van der Waals surface area contributed by atoms with Gasteiger partial charge in [0.2, 0.25) is 0 Å². The molecule has 0 aromatic rings. The van der Waals surface area contributed by atoms with E-state index in [0.717, 1.165) is 24.3 Å². The summed E-state index contributed by atoms with van der Waals surface area (Å²) in [7, 11) is 2.25. The van der Waals surface area contributed by atoms with Crippen molar-refractivity contribution < 1.29 is 0 Å². The monoisotopic (exact) mass is 240 g/mol. The SMILES string of the molecule is CCS[C@@H]1CC[C@@H](N(C)CCCCC#N)C1. The quantitative estimate of drug-likeness (QED) is 0.639. The van der Waals surface area contributed by atoms with Crippen molar-refractivity contribution >= 4 is 11.8 Å². The van der Waals surface area contributed by atoms with E-state index in [2.05, 4.69) is 36.7 Å². The van der Waals surface area contributed by atoms with Gasteiger partial charge in [0.05, 0.1) is 6.07 Å². The van der Waals surface area contributed by atoms with Crippen molar-refractivity contribution in [3.63, 3.8) is 0 Å². The number of thioether (sulfide) groups is 1. The van der Waals surface area contributed by atoms with Gasteiger partial charge in [-0.25, -0.2) is 0 Å². The minimum Gasteiger partial charge on any atom is -0.303 e. The molecule has 2 nitrogen and oxygen atoms in total. The van der Waals surface area contributed by atoms with Crippen LogP contribution in [-0.4, -0.2) is 35.5 Å². The van der Waals surface area contributed by atoms with Crippen molar-refractivity contribution in [2.75, 3.05) is 19.3 Å². The van der Waals surface area contributed by atoms with Crippen LogP contribution < -0.4 is 0 Å². The zero-order valence-electron chi connectivity index (χ0n) is 10.6. The lowest BCUT2D eigenvalue weighted by Crippen LogP contribution is -2.30. The van der Waals surface area contributed by atoms with Crippen LogP contribution in [0.2, 0.25) is 0 Å². The fourth-order valence-corrected chi connectivity index (χ4v) is 3.59. The summed E-state index contributed by atoms with van der Waals surface area (Å²) in [5.74, 6) is 1.25. The highest BCUT2D eigenvalue weighted by atomic mass is 32.2. The molecule has 0 bridgehead atoms. The zero-order chi connectivity index (χ0) is 11.8. The Morgan fingerprint density at radius 1 is 1.38 bits per heavy atom. The second kappa shape index (κ2) is 7.97. The molecular weight excluding hydrogens is 216 g/mol. The standard InChI is InChI=1S/C13H24N2S/c1-3-16-13-8-7-12(11-13)15(2)10-6-4-5-9-14/h12-13H,3-8,10-11H2,1-2H3/t12-,13-/m1/s1. The maximum Gasteiger partial charge on any atom is 0.0621 e. The maximum atomic E-state index is 8.47. The largest absolute Gasteiger partial charge is 0.303 e. The summed E-state index contributed by atoms with van der Waals surface area (Å²) in [6.45, 7) is 3.42. The van der Waals surface area contributed by atoms with Crippen LogP contribution in [0.3, 0.4) is 0 Å². The Labute approximate surface area is 104 Å². The first-order chi connectivity index (χ1) is 7.77. The minimum atomic E-state index is 0.715. The zero-order valence-corrected chi connectivity index (χ0v) is 11.4. The number of hydrogen-bond acceptors (Lipinski definition) is 3. The third kappa shape index (κ3) is 4.76. The van der Waals surface area contributed by atoms with Crippen molar-refractivity contribution in [2.24, 2.45) is 0 Å². The third-order valence-corrected chi connectivity index (χ3v) is 4.66. The highest BCUT2D eigenvalue weighted by Crippen LogP contribution is 2.32. The van der Waals surface area contributed by atoms with Crippen molar-refractivity contribution in [2.45, 2.75) is 56.7 Å². The van der Waals surface area contributed by atoms with Crippen LogP contribution in [0.1, 0.15) is 45.4 Å². The van der Waals surface area contributed by atoms with E-state index in [0.29, 0.717) is 6.42 Å². The van der Waals surface area contributed by atoms with Gasteiger partial charge in [-0.15, -0.1) is 0 Å². The van der Waals surface area contributed by atoms with Crippen molar-refractivity contribution in [3.8, 4) is 6.07 Å². The highest BCUT2D eigenvalue weighted by Gasteiger charge is 2.26. The van der Waals surface area contributed by atoms with Gasteiger partial charge in [0.1, 0.15) is 0 Å². The van der Waals surface area contributed by atoms with Gasteiger partial charge in [-0.2, -0.15) is 17.0 Å². The molecular formula is C13H24N2S. The molecule has 0 saturated heterocycles. The van der Waals surface area contributed by atoms with Crippen LogP contribution in [0.25, 0.3) is 0 Å². The smallest absolute Gasteiger partial charge is 0.0621 e. The lowest BCUT2D eigenvalue weighted by atomic mass is 10.2. The molecule has 0 aromatic heterocycles. The van der Waals surface area contributed by atoms with Gasteiger partial charge in [0.25, 0.3) is 0 Å². The number of rotatable bonds is 7. The molecule has 1 saturated carbocycles. The molecule has 0 aromatic carbocycles. The molecule has 3 heteroatoms. The molecule has 1 aliphatic rings. The topological polar surface area (TPSA) is 27.0 Å². The van der Waals surface area contributed by atoms with E-state index < -0.39 is 0 Å². The summed E-state index contributed by atoms with van der Waals surface area (Å²) >= 11 is 2.12. The predicted octanol–water partition coefficient (Wildman–Crippen LogP) is 3.29. The van der Waals surface area contributed by atoms with Crippen molar-refractivity contribution in [1.29, 1.82) is 5.26 Å². The third-order valence-electron chi connectivity index (χ3n) is 3.43. The summed E-state index contributed by atoms with van der Waals surface area (Å²) in [5, 5.41) is 9.37. The van der Waals surface area contributed by atoms with Crippen LogP contribution in [0, 0.1) is 11.3 Å². The average Bonchev–Trinajstić information content (AvgIpc) is 2.73. The Hall–Kier alpha value is -0.200. The van der Waals surface area contributed by atoms with Crippen molar-refractivity contribution in [3.05, 3.63) is 0 Å². The average molecular weight is 240 g/mol. The van der Waals surface area contributed by atoms with Crippen LogP contribution in [-0.2, 0) is 0 Å². The Morgan fingerprint density at radius 2 is 2.19 bits per heavy atom. The van der Waals surface area contributed by atoms with Crippen molar-refractivity contribution in [1.82, 2.24) is 4.90 Å². The normalized spacial score (nSPS) is 24.9. The number of unbranched alkanes of at least 4 members (excludes halogenated alkanes) is 2. The molecule has 0 aliphatic heterocycles. The summed E-state index contributed by atoms with van der Waals surface area (Å²) in [6.07, 6.45) is 7.07. The van der Waals surface area contributed by atoms with E-state index in [4.69, 9.17) is 5.26 Å².